The molecule has 7 heteroatoms. The Balaban J connectivity index is 2.74. The van der Waals surface area contributed by atoms with Crippen molar-refractivity contribution < 1.29 is 13.6 Å². The summed E-state index contributed by atoms with van der Waals surface area (Å²) in [5, 5.41) is 7.01. The van der Waals surface area contributed by atoms with E-state index in [2.05, 4.69) is 10.2 Å². The molecule has 0 radical (unpaired) electrons. The molecule has 0 spiro atoms. The van der Waals surface area contributed by atoms with Crippen LogP contribution in [0.25, 0.3) is 0 Å². The minimum absolute atomic E-state index is 0.0888. The highest BCUT2D eigenvalue weighted by Crippen LogP contribution is 2.05. The molecule has 0 aliphatic rings. The summed E-state index contributed by atoms with van der Waals surface area (Å²) in [5.41, 5.74) is 5.48. The molecule has 16 heavy (non-hydrogen) atoms. The van der Waals surface area contributed by atoms with E-state index in [9.17, 15) is 13.6 Å². The van der Waals surface area contributed by atoms with Crippen molar-refractivity contribution in [2.75, 3.05) is 19.6 Å². The predicted molar refractivity (Wildman–Crippen MR) is 53.0 cm³/mol. The molecule has 5 nitrogen and oxygen atoms in total. The fraction of sp³-hybridized carbons (Fsp3) is 0.444. The Morgan fingerprint density at radius 2 is 2.25 bits per heavy atom. The fourth-order valence-electron chi connectivity index (χ4n) is 1.20. The van der Waals surface area contributed by atoms with Gasteiger partial charge in [0.25, 0.3) is 12.3 Å². The zero-order valence-electron chi connectivity index (χ0n) is 8.51. The van der Waals surface area contributed by atoms with Gasteiger partial charge in [0.2, 0.25) is 0 Å². The molecule has 1 rings (SSSR count). The molecule has 1 aromatic heterocycles. The van der Waals surface area contributed by atoms with Crippen LogP contribution in [0.5, 0.6) is 0 Å². The van der Waals surface area contributed by atoms with Crippen LogP contribution in [-0.2, 0) is 0 Å². The largest absolute Gasteiger partial charge is 0.332 e. The molecule has 0 saturated carbocycles. The Labute approximate surface area is 91.3 Å². The molecule has 0 fully saturated rings. The SMILES string of the molecule is NCCN(CC(F)F)C(=O)c1ccnnc1. The van der Waals surface area contributed by atoms with E-state index in [1.807, 2.05) is 0 Å². The molecule has 2 N–H and O–H groups in total. The molecule has 1 aromatic rings. The maximum atomic E-state index is 12.2. The molecule has 88 valence electrons. The first kappa shape index (κ1) is 12.4. The molecule has 0 aliphatic carbocycles. The summed E-state index contributed by atoms with van der Waals surface area (Å²) >= 11 is 0. The van der Waals surface area contributed by atoms with Crippen molar-refractivity contribution in [1.29, 1.82) is 0 Å². The highest BCUT2D eigenvalue weighted by molar-refractivity contribution is 5.93. The van der Waals surface area contributed by atoms with Crippen molar-refractivity contribution in [2.45, 2.75) is 6.43 Å². The van der Waals surface area contributed by atoms with Crippen molar-refractivity contribution >= 4 is 5.91 Å². The summed E-state index contributed by atoms with van der Waals surface area (Å²) in [7, 11) is 0. The molecular weight excluding hydrogens is 218 g/mol. The number of carbonyl (C=O) groups excluding carboxylic acids is 1. The molecule has 0 bridgehead atoms. The van der Waals surface area contributed by atoms with Crippen molar-refractivity contribution in [3.05, 3.63) is 24.0 Å². The van der Waals surface area contributed by atoms with E-state index in [0.717, 1.165) is 4.90 Å². The van der Waals surface area contributed by atoms with Crippen molar-refractivity contribution in [3.63, 3.8) is 0 Å². The van der Waals surface area contributed by atoms with Crippen LogP contribution < -0.4 is 5.73 Å². The first-order valence-corrected chi connectivity index (χ1v) is 4.69. The van der Waals surface area contributed by atoms with Crippen molar-refractivity contribution in [3.8, 4) is 0 Å². The Kier molecular flexibility index (Phi) is 4.71. The summed E-state index contributed by atoms with van der Waals surface area (Å²) in [4.78, 5) is 12.7. The quantitative estimate of drug-likeness (QED) is 0.781. The van der Waals surface area contributed by atoms with Crippen LogP contribution in [0.15, 0.2) is 18.5 Å². The second-order valence-corrected chi connectivity index (χ2v) is 3.06. The van der Waals surface area contributed by atoms with Crippen LogP contribution in [0.4, 0.5) is 8.78 Å². The van der Waals surface area contributed by atoms with Gasteiger partial charge in [0.05, 0.1) is 24.5 Å². The predicted octanol–water partition coefficient (Wildman–Crippen LogP) is 0.143. The highest BCUT2D eigenvalue weighted by atomic mass is 19.3. The number of amides is 1. The number of hydrogen-bond donors (Lipinski definition) is 1. The van der Waals surface area contributed by atoms with E-state index in [-0.39, 0.29) is 18.7 Å². The van der Waals surface area contributed by atoms with Gasteiger partial charge >= 0.3 is 0 Å². The summed E-state index contributed by atoms with van der Waals surface area (Å²) in [6.45, 7) is -0.402. The third kappa shape index (κ3) is 3.50. The van der Waals surface area contributed by atoms with Gasteiger partial charge in [-0.05, 0) is 6.07 Å². The normalized spacial score (nSPS) is 10.5. The van der Waals surface area contributed by atoms with Gasteiger partial charge in [-0.2, -0.15) is 10.2 Å². The van der Waals surface area contributed by atoms with E-state index in [1.165, 1.54) is 18.5 Å². The third-order valence-corrected chi connectivity index (χ3v) is 1.88. The van der Waals surface area contributed by atoms with Crippen LogP contribution in [0, 0.1) is 0 Å². The maximum Gasteiger partial charge on any atom is 0.255 e. The Morgan fingerprint density at radius 3 is 2.75 bits per heavy atom. The monoisotopic (exact) mass is 230 g/mol. The van der Waals surface area contributed by atoms with Crippen LogP contribution in [0.3, 0.4) is 0 Å². The number of halogens is 2. The number of rotatable bonds is 5. The average Bonchev–Trinajstić information content (AvgIpc) is 2.28. The van der Waals surface area contributed by atoms with Crippen LogP contribution >= 0.6 is 0 Å². The van der Waals surface area contributed by atoms with Gasteiger partial charge in [-0.3, -0.25) is 4.79 Å². The van der Waals surface area contributed by atoms with Gasteiger partial charge in [-0.1, -0.05) is 0 Å². The molecule has 0 aliphatic heterocycles. The van der Waals surface area contributed by atoms with Crippen LogP contribution in [-0.4, -0.2) is 47.1 Å². The number of hydrogen-bond acceptors (Lipinski definition) is 4. The molecule has 1 amide bonds. The third-order valence-electron chi connectivity index (χ3n) is 1.88. The molecular formula is C9H12F2N4O. The van der Waals surface area contributed by atoms with Gasteiger partial charge < -0.3 is 10.6 Å². The number of nitrogens with two attached hydrogens (primary N) is 1. The summed E-state index contributed by atoms with van der Waals surface area (Å²) in [6.07, 6.45) is -0.0154. The van der Waals surface area contributed by atoms with Gasteiger partial charge in [0.15, 0.2) is 0 Å². The lowest BCUT2D eigenvalue weighted by Crippen LogP contribution is -2.38. The summed E-state index contributed by atoms with van der Waals surface area (Å²) in [5.74, 6) is -0.513. The standard InChI is InChI=1S/C9H12F2N4O/c10-8(11)6-15(4-2-12)9(16)7-1-3-13-14-5-7/h1,3,5,8H,2,4,6,12H2. The van der Waals surface area contributed by atoms with Gasteiger partial charge in [0.1, 0.15) is 0 Å². The van der Waals surface area contributed by atoms with E-state index >= 15 is 0 Å². The average molecular weight is 230 g/mol. The molecule has 0 saturated heterocycles. The van der Waals surface area contributed by atoms with E-state index in [0.29, 0.717) is 0 Å². The van der Waals surface area contributed by atoms with E-state index < -0.39 is 18.9 Å². The maximum absolute atomic E-state index is 12.2. The zero-order chi connectivity index (χ0) is 12.0. The second kappa shape index (κ2) is 6.06. The minimum atomic E-state index is -2.58. The lowest BCUT2D eigenvalue weighted by atomic mass is 10.2. The smallest absolute Gasteiger partial charge is 0.255 e. The Bertz CT molecular complexity index is 334. The van der Waals surface area contributed by atoms with Crippen molar-refractivity contribution in [2.24, 2.45) is 5.73 Å². The fourth-order valence-corrected chi connectivity index (χ4v) is 1.20. The van der Waals surface area contributed by atoms with Crippen LogP contribution in [0.1, 0.15) is 10.4 Å². The molecule has 0 atom stereocenters. The zero-order valence-corrected chi connectivity index (χ0v) is 8.51. The minimum Gasteiger partial charge on any atom is -0.332 e. The number of aromatic nitrogens is 2. The lowest BCUT2D eigenvalue weighted by Gasteiger charge is -2.21. The number of carbonyl (C=O) groups is 1. The number of nitrogens with zero attached hydrogens (tertiary/aromatic N) is 3. The topological polar surface area (TPSA) is 72.1 Å². The summed E-state index contributed by atoms with van der Waals surface area (Å²) in [6, 6.07) is 1.42. The van der Waals surface area contributed by atoms with Gasteiger partial charge in [-0.25, -0.2) is 8.78 Å². The summed E-state index contributed by atoms with van der Waals surface area (Å²) < 4.78 is 24.4. The van der Waals surface area contributed by atoms with E-state index in [1.54, 1.807) is 0 Å². The van der Waals surface area contributed by atoms with Crippen LogP contribution in [0.2, 0.25) is 0 Å². The Morgan fingerprint density at radius 1 is 1.50 bits per heavy atom. The lowest BCUT2D eigenvalue weighted by molar-refractivity contribution is 0.0562. The first-order valence-electron chi connectivity index (χ1n) is 4.69. The van der Waals surface area contributed by atoms with Crippen molar-refractivity contribution in [1.82, 2.24) is 15.1 Å². The van der Waals surface area contributed by atoms with Gasteiger partial charge in [0, 0.05) is 13.1 Å². The molecule has 0 aromatic carbocycles. The molecule has 1 heterocycles. The van der Waals surface area contributed by atoms with Gasteiger partial charge in [-0.15, -0.1) is 0 Å². The first-order chi connectivity index (χ1) is 7.65. The van der Waals surface area contributed by atoms with E-state index in [4.69, 9.17) is 5.73 Å². The second-order valence-electron chi connectivity index (χ2n) is 3.06. The molecule has 0 unspecified atom stereocenters. The highest BCUT2D eigenvalue weighted by Gasteiger charge is 2.19. The number of alkyl halides is 2. The Hall–Kier alpha value is -1.63.